The van der Waals surface area contributed by atoms with Crippen molar-refractivity contribution in [1.29, 1.82) is 0 Å². The number of guanidine groups is 1. The first-order chi connectivity index (χ1) is 14.0. The molecule has 166 valence electrons. The van der Waals surface area contributed by atoms with Crippen LogP contribution in [0.4, 0.5) is 4.39 Å². The Labute approximate surface area is 195 Å². The summed E-state index contributed by atoms with van der Waals surface area (Å²) in [4.78, 5) is 11.5. The lowest BCUT2D eigenvalue weighted by Gasteiger charge is -2.31. The standard InChI is InChI=1S/C22H32FN5O.HI/c1-4-24-22(25-13-18-5-7-20(23)8-6-18)26-14-19-9-11-28(12-10-19)15-21-27-16(2)17(3)29-21;/h5-8,19H,4,9-15H2,1-3H3,(H2,24,25,26);1H. The molecule has 2 aromatic rings. The Morgan fingerprint density at radius 2 is 1.90 bits per heavy atom. The molecule has 0 spiro atoms. The SMILES string of the molecule is CCNC(=NCc1ccc(F)cc1)NCC1CCN(Cc2nc(C)c(C)o2)CC1.I. The van der Waals surface area contributed by atoms with E-state index in [1.807, 2.05) is 13.8 Å². The fourth-order valence-corrected chi connectivity index (χ4v) is 3.49. The highest BCUT2D eigenvalue weighted by Crippen LogP contribution is 2.19. The van der Waals surface area contributed by atoms with Gasteiger partial charge in [-0.15, -0.1) is 24.0 Å². The molecule has 0 aliphatic carbocycles. The zero-order valence-electron chi connectivity index (χ0n) is 18.1. The van der Waals surface area contributed by atoms with Crippen molar-refractivity contribution in [2.75, 3.05) is 26.2 Å². The first-order valence-electron chi connectivity index (χ1n) is 10.5. The molecule has 0 saturated carbocycles. The van der Waals surface area contributed by atoms with Gasteiger partial charge >= 0.3 is 0 Å². The van der Waals surface area contributed by atoms with E-state index in [0.29, 0.717) is 12.5 Å². The van der Waals surface area contributed by atoms with E-state index >= 15 is 0 Å². The molecule has 8 heteroatoms. The van der Waals surface area contributed by atoms with Crippen molar-refractivity contribution >= 4 is 29.9 Å². The second-order valence-electron chi connectivity index (χ2n) is 7.67. The summed E-state index contributed by atoms with van der Waals surface area (Å²) in [5.41, 5.74) is 1.98. The van der Waals surface area contributed by atoms with Gasteiger partial charge in [0.25, 0.3) is 0 Å². The molecule has 2 heterocycles. The second-order valence-corrected chi connectivity index (χ2v) is 7.67. The minimum absolute atomic E-state index is 0. The summed E-state index contributed by atoms with van der Waals surface area (Å²) in [7, 11) is 0. The monoisotopic (exact) mass is 529 g/mol. The van der Waals surface area contributed by atoms with Gasteiger partial charge in [0.15, 0.2) is 5.96 Å². The molecule has 2 N–H and O–H groups in total. The Morgan fingerprint density at radius 1 is 1.20 bits per heavy atom. The molecule has 1 aliphatic rings. The fourth-order valence-electron chi connectivity index (χ4n) is 3.49. The largest absolute Gasteiger partial charge is 0.444 e. The van der Waals surface area contributed by atoms with Crippen molar-refractivity contribution < 1.29 is 8.81 Å². The number of nitrogens with one attached hydrogen (secondary N) is 2. The van der Waals surface area contributed by atoms with E-state index in [2.05, 4.69) is 32.4 Å². The molecule has 0 radical (unpaired) electrons. The Balaban J connectivity index is 0.00000320. The summed E-state index contributed by atoms with van der Waals surface area (Å²) in [5.74, 6) is 2.94. The van der Waals surface area contributed by atoms with Crippen molar-refractivity contribution in [3.05, 3.63) is 53.0 Å². The number of halogens is 2. The maximum Gasteiger partial charge on any atom is 0.208 e. The smallest absolute Gasteiger partial charge is 0.208 e. The summed E-state index contributed by atoms with van der Waals surface area (Å²) in [5, 5.41) is 6.75. The lowest BCUT2D eigenvalue weighted by molar-refractivity contribution is 0.164. The van der Waals surface area contributed by atoms with Crippen molar-refractivity contribution in [2.45, 2.75) is 46.7 Å². The maximum atomic E-state index is 13.0. The van der Waals surface area contributed by atoms with E-state index in [1.165, 1.54) is 12.1 Å². The van der Waals surface area contributed by atoms with Crippen LogP contribution in [0.1, 0.15) is 42.7 Å². The summed E-state index contributed by atoms with van der Waals surface area (Å²) < 4.78 is 18.7. The average Bonchev–Trinajstić information content (AvgIpc) is 3.03. The summed E-state index contributed by atoms with van der Waals surface area (Å²) >= 11 is 0. The molecule has 1 aliphatic heterocycles. The first kappa shape index (κ1) is 24.6. The summed E-state index contributed by atoms with van der Waals surface area (Å²) in [6, 6.07) is 6.49. The zero-order valence-corrected chi connectivity index (χ0v) is 20.4. The Kier molecular flexibility index (Phi) is 10.0. The number of likely N-dealkylation sites (tertiary alicyclic amines) is 1. The lowest BCUT2D eigenvalue weighted by atomic mass is 9.97. The molecule has 0 atom stereocenters. The van der Waals surface area contributed by atoms with Gasteiger partial charge in [-0.05, 0) is 70.3 Å². The number of rotatable bonds is 7. The summed E-state index contributed by atoms with van der Waals surface area (Å²) in [6.07, 6.45) is 2.28. The van der Waals surface area contributed by atoms with Crippen LogP contribution in [0.3, 0.4) is 0 Å². The van der Waals surface area contributed by atoms with Crippen LogP contribution >= 0.6 is 24.0 Å². The van der Waals surface area contributed by atoms with Crippen molar-refractivity contribution in [2.24, 2.45) is 10.9 Å². The number of nitrogens with zero attached hydrogens (tertiary/aromatic N) is 3. The van der Waals surface area contributed by atoms with Gasteiger partial charge < -0.3 is 15.1 Å². The molecular formula is C22H33FIN5O. The normalized spacial score (nSPS) is 15.7. The Bertz CT molecular complexity index is 781. The number of aromatic nitrogens is 1. The van der Waals surface area contributed by atoms with Gasteiger partial charge in [0, 0.05) is 13.1 Å². The lowest BCUT2D eigenvalue weighted by Crippen LogP contribution is -2.42. The molecule has 0 unspecified atom stereocenters. The number of aliphatic imine (C=N–C) groups is 1. The first-order valence-corrected chi connectivity index (χ1v) is 10.5. The third-order valence-corrected chi connectivity index (χ3v) is 5.37. The van der Waals surface area contributed by atoms with E-state index in [9.17, 15) is 4.39 Å². The van der Waals surface area contributed by atoms with Gasteiger partial charge in [-0.1, -0.05) is 12.1 Å². The van der Waals surface area contributed by atoms with E-state index in [1.54, 1.807) is 12.1 Å². The number of benzene rings is 1. The van der Waals surface area contributed by atoms with Crippen molar-refractivity contribution in [1.82, 2.24) is 20.5 Å². The molecule has 0 amide bonds. The van der Waals surface area contributed by atoms with Gasteiger partial charge in [-0.3, -0.25) is 4.90 Å². The number of hydrogen-bond acceptors (Lipinski definition) is 4. The van der Waals surface area contributed by atoms with Crippen LogP contribution < -0.4 is 10.6 Å². The van der Waals surface area contributed by atoms with Gasteiger partial charge in [-0.2, -0.15) is 0 Å². The molecule has 6 nitrogen and oxygen atoms in total. The molecule has 3 rings (SSSR count). The molecule has 30 heavy (non-hydrogen) atoms. The van der Waals surface area contributed by atoms with Crippen molar-refractivity contribution in [3.8, 4) is 0 Å². The molecular weight excluding hydrogens is 496 g/mol. The Morgan fingerprint density at radius 3 is 2.50 bits per heavy atom. The van der Waals surface area contributed by atoms with Crippen LogP contribution in [0, 0.1) is 25.6 Å². The predicted octanol–water partition coefficient (Wildman–Crippen LogP) is 4.02. The number of oxazole rings is 1. The minimum atomic E-state index is -0.220. The van der Waals surface area contributed by atoms with Gasteiger partial charge in [0.2, 0.25) is 5.89 Å². The zero-order chi connectivity index (χ0) is 20.6. The van der Waals surface area contributed by atoms with Crippen LogP contribution in [0.15, 0.2) is 33.7 Å². The van der Waals surface area contributed by atoms with Crippen molar-refractivity contribution in [3.63, 3.8) is 0 Å². The number of aryl methyl sites for hydroxylation is 2. The molecule has 1 aromatic heterocycles. The van der Waals surface area contributed by atoms with Gasteiger partial charge in [-0.25, -0.2) is 14.4 Å². The maximum absolute atomic E-state index is 13.0. The van der Waals surface area contributed by atoms with Crippen LogP contribution in [-0.2, 0) is 13.1 Å². The van der Waals surface area contributed by atoms with Gasteiger partial charge in [0.05, 0.1) is 18.8 Å². The predicted molar refractivity (Wildman–Crippen MR) is 129 cm³/mol. The summed E-state index contributed by atoms with van der Waals surface area (Å²) in [6.45, 7) is 11.1. The molecule has 0 bridgehead atoms. The van der Waals surface area contributed by atoms with E-state index in [-0.39, 0.29) is 29.8 Å². The molecule has 1 fully saturated rings. The van der Waals surface area contributed by atoms with E-state index < -0.39 is 0 Å². The number of piperidine rings is 1. The third-order valence-electron chi connectivity index (χ3n) is 5.37. The van der Waals surface area contributed by atoms with E-state index in [4.69, 9.17) is 4.42 Å². The Hall–Kier alpha value is -1.68. The van der Waals surface area contributed by atoms with Crippen LogP contribution in [0.5, 0.6) is 0 Å². The highest BCUT2D eigenvalue weighted by Gasteiger charge is 2.21. The topological polar surface area (TPSA) is 65.7 Å². The van der Waals surface area contributed by atoms with E-state index in [0.717, 1.165) is 74.4 Å². The quantitative estimate of drug-likeness (QED) is 0.323. The number of hydrogen-bond donors (Lipinski definition) is 2. The van der Waals surface area contributed by atoms with Crippen LogP contribution in [0.25, 0.3) is 0 Å². The average molecular weight is 529 g/mol. The third kappa shape index (κ3) is 7.54. The molecule has 1 aromatic carbocycles. The van der Waals surface area contributed by atoms with Crippen LogP contribution in [-0.4, -0.2) is 42.0 Å². The fraction of sp³-hybridized carbons (Fsp3) is 0.545. The highest BCUT2D eigenvalue weighted by atomic mass is 127. The van der Waals surface area contributed by atoms with Crippen LogP contribution in [0.2, 0.25) is 0 Å². The second kappa shape index (κ2) is 12.2. The minimum Gasteiger partial charge on any atom is -0.444 e. The van der Waals surface area contributed by atoms with Gasteiger partial charge in [0.1, 0.15) is 11.6 Å². The highest BCUT2D eigenvalue weighted by molar-refractivity contribution is 14.0. The molecule has 1 saturated heterocycles.